The van der Waals surface area contributed by atoms with Crippen LogP contribution in [0.5, 0.6) is 0 Å². The summed E-state index contributed by atoms with van der Waals surface area (Å²) in [5.74, 6) is 0.0441. The molecule has 0 amide bonds. The Labute approximate surface area is 291 Å². The predicted octanol–water partition coefficient (Wildman–Crippen LogP) is 6.88. The molecule has 0 saturated carbocycles. The van der Waals surface area contributed by atoms with E-state index in [9.17, 15) is 5.26 Å². The summed E-state index contributed by atoms with van der Waals surface area (Å²) in [4.78, 5) is 8.99. The number of ether oxygens (including phenoxy) is 1. The van der Waals surface area contributed by atoms with E-state index in [0.717, 1.165) is 53.8 Å². The van der Waals surface area contributed by atoms with Crippen molar-refractivity contribution in [2.24, 2.45) is 5.41 Å². The Kier molecular flexibility index (Phi) is 12.2. The van der Waals surface area contributed by atoms with Gasteiger partial charge < -0.3 is 18.0 Å². The number of benzene rings is 1. The number of rotatable bonds is 17. The van der Waals surface area contributed by atoms with Crippen molar-refractivity contribution >= 4 is 51.4 Å². The highest BCUT2D eigenvalue weighted by Gasteiger charge is 2.38. The first-order chi connectivity index (χ1) is 23.8. The average molecular weight is 659 g/mol. The minimum Gasteiger partial charge on any atom is -0.505 e. The van der Waals surface area contributed by atoms with E-state index in [4.69, 9.17) is 31.6 Å². The lowest BCUT2D eigenvalue weighted by Gasteiger charge is -2.30. The van der Waals surface area contributed by atoms with Crippen molar-refractivity contribution in [2.45, 2.75) is 46.1 Å². The van der Waals surface area contributed by atoms with E-state index in [2.05, 4.69) is 70.9 Å². The van der Waals surface area contributed by atoms with Gasteiger partial charge in [0.2, 0.25) is 5.70 Å². The normalized spacial score (nSPS) is 20.1. The summed E-state index contributed by atoms with van der Waals surface area (Å²) in [7, 11) is -1.86. The van der Waals surface area contributed by atoms with Crippen LogP contribution < -0.4 is 4.90 Å². The first kappa shape index (κ1) is 31.1. The number of nitrogens with zero attached hydrogens (tertiary/aromatic N) is 4. The van der Waals surface area contributed by atoms with Crippen molar-refractivity contribution in [1.82, 2.24) is 0 Å². The van der Waals surface area contributed by atoms with Crippen molar-refractivity contribution in [3.8, 4) is 6.07 Å². The van der Waals surface area contributed by atoms with Gasteiger partial charge in [0.15, 0.2) is 0 Å². The number of hydrogen-bond donors (Lipinski definition) is 0. The van der Waals surface area contributed by atoms with Crippen molar-refractivity contribution in [1.29, 1.82) is 10.6 Å². The average Bonchev–Trinajstić information content (AvgIpc) is 3.31. The zero-order chi connectivity index (χ0) is 36.7. The maximum absolute atomic E-state index is 9.34. The maximum Gasteiger partial charge on any atom is 0.292 e. The molecule has 0 bridgehead atoms. The fourth-order valence-corrected chi connectivity index (χ4v) is 5.89. The summed E-state index contributed by atoms with van der Waals surface area (Å²) in [6.07, 6.45) is 14.1. The van der Waals surface area contributed by atoms with Gasteiger partial charge in [-0.1, -0.05) is 62.4 Å². The highest BCUT2D eigenvalue weighted by Crippen LogP contribution is 2.42. The van der Waals surface area contributed by atoms with Crippen molar-refractivity contribution in [2.75, 3.05) is 42.5 Å². The molecule has 0 atom stereocenters. The number of hydrogen-bond acceptors (Lipinski definition) is 7. The van der Waals surface area contributed by atoms with Gasteiger partial charge in [0.05, 0.1) is 32.4 Å². The molecule has 1 aliphatic carbocycles. The molecule has 0 unspecified atom stereocenters. The van der Waals surface area contributed by atoms with Crippen LogP contribution in [-0.4, -0.2) is 64.1 Å². The second kappa shape index (κ2) is 18.0. The fourth-order valence-electron chi connectivity index (χ4n) is 5.31. The van der Waals surface area contributed by atoms with Crippen LogP contribution in [0, 0.1) is 29.9 Å². The summed E-state index contributed by atoms with van der Waals surface area (Å²) in [5, 5.41) is 9.34. The van der Waals surface area contributed by atoms with Gasteiger partial charge in [0.1, 0.15) is 26.9 Å². The molecular weight excluding hydrogens is 610 g/mol. The van der Waals surface area contributed by atoms with Crippen LogP contribution in [0.2, 0.25) is 0 Å². The van der Waals surface area contributed by atoms with E-state index < -0.39 is 21.1 Å². The Morgan fingerprint density at radius 2 is 1.78 bits per heavy atom. The molecule has 0 aromatic heterocycles. The molecule has 238 valence electrons. The topological polar surface area (TPSA) is 63.4 Å². The Balaban J connectivity index is 1.74. The molecule has 2 aliphatic rings. The Hall–Kier alpha value is -3.52. The molecule has 0 fully saturated rings. The third-order valence-corrected chi connectivity index (χ3v) is 8.21. The molecule has 1 aromatic carbocycles. The van der Waals surface area contributed by atoms with E-state index in [1.54, 1.807) is 0 Å². The highest BCUT2D eigenvalue weighted by atomic mass is 32.2. The minimum atomic E-state index is -0.929. The quantitative estimate of drug-likeness (QED) is 0.0595. The van der Waals surface area contributed by atoms with Gasteiger partial charge in [-0.25, -0.2) is 15.0 Å². The zero-order valence-corrected chi connectivity index (χ0v) is 28.5. The lowest BCUT2D eigenvalue weighted by molar-refractivity contribution is 0.0951. The van der Waals surface area contributed by atoms with Crippen molar-refractivity contribution in [3.63, 3.8) is 0 Å². The third kappa shape index (κ3) is 10.8. The molecule has 0 radical (unpaired) electrons. The van der Waals surface area contributed by atoms with Crippen LogP contribution in [0.3, 0.4) is 0 Å². The Bertz CT molecular complexity index is 1620. The van der Waals surface area contributed by atoms with Crippen LogP contribution in [0.15, 0.2) is 88.5 Å². The Morgan fingerprint density at radius 1 is 1.11 bits per heavy atom. The molecule has 1 aliphatic heterocycles. The SMILES string of the molecule is [2H]B([3H])CSOCCN(CCOSCB([2H])[3H])c1ccc(/C=C/C2=CC(=C/C=C/C3=C([N+]#[C-])C(=C(/C#N)[N+]#[C-])/OC3(C)C)/CC(C)(C)C2)cc1. The highest BCUT2D eigenvalue weighted by molar-refractivity contribution is 7.95. The summed E-state index contributed by atoms with van der Waals surface area (Å²) in [5.41, 5.74) is 4.80. The minimum absolute atomic E-state index is 0.0441. The lowest BCUT2D eigenvalue weighted by atomic mass is 9.75. The van der Waals surface area contributed by atoms with Gasteiger partial charge in [-0.3, -0.25) is 0 Å². The van der Waals surface area contributed by atoms with Crippen molar-refractivity contribution in [3.05, 3.63) is 117 Å². The first-order valence-corrected chi connectivity index (χ1v) is 16.7. The van der Waals surface area contributed by atoms with E-state index in [0.29, 0.717) is 31.9 Å². The molecule has 46 heavy (non-hydrogen) atoms. The molecular formula is C35H42B2N4O3S2. The van der Waals surface area contributed by atoms with E-state index >= 15 is 0 Å². The van der Waals surface area contributed by atoms with Crippen molar-refractivity contribution < 1.29 is 13.1 Å². The zero-order valence-electron chi connectivity index (χ0n) is 30.9. The predicted molar refractivity (Wildman–Crippen MR) is 198 cm³/mol. The van der Waals surface area contributed by atoms with Crippen LogP contribution in [0.1, 0.15) is 46.1 Å². The van der Waals surface area contributed by atoms with Crippen LogP contribution >= 0.6 is 24.1 Å². The van der Waals surface area contributed by atoms with Gasteiger partial charge in [-0.15, -0.1) is 0 Å². The molecule has 1 aromatic rings. The van der Waals surface area contributed by atoms with Gasteiger partial charge >= 0.3 is 0 Å². The van der Waals surface area contributed by atoms with E-state index in [-0.39, 0.29) is 33.9 Å². The summed E-state index contributed by atoms with van der Waals surface area (Å²) in [6.45, 7) is 25.2. The standard InChI is InChI=1S/C35H42B2N4O3S2/c1-34(2)21-27(8-7-9-30-32(40-6)33(31(23-38)39-5)44-35(30,3)4)20-28(22-34)11-10-26-12-14-29(15-13-26)41(16-18-42-45-24-36)17-19-43-46-25-37/h7-15,20H,16-19,21-22,24-25,36-37H2,1-4H3/b9-7+,11-10+,27-8-,33-31+/i36TD,37TD. The van der Waals surface area contributed by atoms with Gasteiger partial charge in [-0.05, 0) is 102 Å². The molecule has 0 N–H and O–H groups in total. The second-order valence-corrected chi connectivity index (χ2v) is 13.5. The van der Waals surface area contributed by atoms with Crippen LogP contribution in [0.4, 0.5) is 5.69 Å². The molecule has 1 heterocycles. The van der Waals surface area contributed by atoms with E-state index in [1.807, 2.05) is 38.1 Å². The maximum atomic E-state index is 9.34. The van der Waals surface area contributed by atoms with E-state index in [1.165, 1.54) is 5.57 Å². The molecule has 3 rings (SSSR count). The first-order valence-electron chi connectivity index (χ1n) is 17.2. The summed E-state index contributed by atoms with van der Waals surface area (Å²) in [6, 6.07) is 10.1. The van der Waals surface area contributed by atoms with Gasteiger partial charge in [0, 0.05) is 24.4 Å². The smallest absolute Gasteiger partial charge is 0.292 e. The largest absolute Gasteiger partial charge is 0.505 e. The van der Waals surface area contributed by atoms with Gasteiger partial charge in [-0.2, -0.15) is 0 Å². The molecule has 7 nitrogen and oxygen atoms in total. The number of allylic oxidation sites excluding steroid dienone is 7. The Morgan fingerprint density at radius 3 is 2.37 bits per heavy atom. The van der Waals surface area contributed by atoms with Crippen LogP contribution in [-0.2, 0) is 13.1 Å². The molecule has 0 saturated heterocycles. The summed E-state index contributed by atoms with van der Waals surface area (Å²) < 4.78 is 46.3. The molecule has 0 spiro atoms. The monoisotopic (exact) mass is 658 g/mol. The molecule has 11 heteroatoms. The lowest BCUT2D eigenvalue weighted by Crippen LogP contribution is -2.30. The second-order valence-electron chi connectivity index (χ2n) is 11.9. The van der Waals surface area contributed by atoms with Crippen LogP contribution in [0.25, 0.3) is 15.8 Å². The fraction of sp³-hybridized carbons (Fsp3) is 0.400. The number of anilines is 1. The van der Waals surface area contributed by atoms with Gasteiger partial charge in [0.25, 0.3) is 5.70 Å². The summed E-state index contributed by atoms with van der Waals surface area (Å²) >= 11 is 2.26. The number of nitriles is 1. The third-order valence-electron chi connectivity index (χ3n) is 7.27.